The van der Waals surface area contributed by atoms with Gasteiger partial charge in [-0.25, -0.2) is 0 Å². The summed E-state index contributed by atoms with van der Waals surface area (Å²) in [5.41, 5.74) is 0.490. The maximum atomic E-state index is 10.1. The molecule has 1 aliphatic rings. The summed E-state index contributed by atoms with van der Waals surface area (Å²) in [6.45, 7) is 3.89. The van der Waals surface area contributed by atoms with Crippen LogP contribution < -0.4 is 10.6 Å². The Bertz CT molecular complexity index is 472. The van der Waals surface area contributed by atoms with Crippen molar-refractivity contribution in [2.45, 2.75) is 37.7 Å². The van der Waals surface area contributed by atoms with Gasteiger partial charge in [0.1, 0.15) is 0 Å². The number of rotatable bonds is 7. The van der Waals surface area contributed by atoms with Crippen molar-refractivity contribution in [2.24, 2.45) is 4.99 Å². The number of hydrogen-bond donors (Lipinski definition) is 4. The molecule has 0 aromatic heterocycles. The number of nitrogens with one attached hydrogen (secondary N) is 2. The third kappa shape index (κ3) is 4.71. The quantitative estimate of drug-likeness (QED) is 0.451. The summed E-state index contributed by atoms with van der Waals surface area (Å²) in [5.74, 6) is 0.717. The first-order chi connectivity index (χ1) is 10.7. The lowest BCUT2D eigenvalue weighted by atomic mass is 9.80. The van der Waals surface area contributed by atoms with Gasteiger partial charge in [0.15, 0.2) is 5.96 Å². The topological polar surface area (TPSA) is 76.9 Å². The summed E-state index contributed by atoms with van der Waals surface area (Å²) < 4.78 is 0. The van der Waals surface area contributed by atoms with E-state index in [2.05, 4.69) is 15.6 Å². The van der Waals surface area contributed by atoms with Crippen molar-refractivity contribution in [1.29, 1.82) is 0 Å². The van der Waals surface area contributed by atoms with Crippen molar-refractivity contribution >= 4 is 5.96 Å². The Morgan fingerprint density at radius 2 is 2.00 bits per heavy atom. The molecule has 0 heterocycles. The molecule has 1 fully saturated rings. The molecular weight excluding hydrogens is 278 g/mol. The van der Waals surface area contributed by atoms with Crippen LogP contribution in [0.2, 0.25) is 0 Å². The molecule has 1 saturated carbocycles. The number of benzene rings is 1. The number of nitrogens with zero attached hydrogens (tertiary/aromatic N) is 1. The first-order valence-electron chi connectivity index (χ1n) is 8.07. The second kappa shape index (κ2) is 8.15. The molecular formula is C17H27N3O2. The van der Waals surface area contributed by atoms with Crippen LogP contribution >= 0.6 is 0 Å². The van der Waals surface area contributed by atoms with Gasteiger partial charge in [-0.2, -0.15) is 0 Å². The molecule has 0 saturated heterocycles. The van der Waals surface area contributed by atoms with Crippen molar-refractivity contribution in [1.82, 2.24) is 10.6 Å². The molecule has 4 N–H and O–H groups in total. The normalized spacial score (nSPS) is 18.4. The van der Waals surface area contributed by atoms with Gasteiger partial charge in [-0.3, -0.25) is 4.99 Å². The van der Waals surface area contributed by atoms with Crippen molar-refractivity contribution in [3.63, 3.8) is 0 Å². The predicted octanol–water partition coefficient (Wildman–Crippen LogP) is 1.23. The number of aliphatic hydroxyl groups excluding tert-OH is 1. The fourth-order valence-electron chi connectivity index (χ4n) is 2.54. The zero-order valence-electron chi connectivity index (χ0n) is 13.3. The van der Waals surface area contributed by atoms with Crippen LogP contribution in [-0.2, 0) is 0 Å². The maximum absolute atomic E-state index is 10.1. The Balaban J connectivity index is 1.91. The zero-order chi connectivity index (χ0) is 15.8. The summed E-state index contributed by atoms with van der Waals surface area (Å²) in [5, 5.41) is 26.2. The van der Waals surface area contributed by atoms with Crippen LogP contribution in [0.3, 0.4) is 0 Å². The molecule has 122 valence electrons. The van der Waals surface area contributed by atoms with Gasteiger partial charge in [0.05, 0.1) is 18.8 Å². The zero-order valence-corrected chi connectivity index (χ0v) is 13.3. The lowest BCUT2D eigenvalue weighted by molar-refractivity contribution is -0.0236. The molecule has 0 amide bonds. The third-order valence-electron chi connectivity index (χ3n) is 4.17. The molecule has 1 aromatic carbocycles. The summed E-state index contributed by atoms with van der Waals surface area (Å²) >= 11 is 0. The maximum Gasteiger partial charge on any atom is 0.191 e. The molecule has 1 unspecified atom stereocenters. The van der Waals surface area contributed by atoms with Crippen LogP contribution in [0.15, 0.2) is 35.3 Å². The molecule has 0 spiro atoms. The van der Waals surface area contributed by atoms with Gasteiger partial charge in [-0.05, 0) is 31.7 Å². The van der Waals surface area contributed by atoms with Gasteiger partial charge >= 0.3 is 0 Å². The van der Waals surface area contributed by atoms with Crippen LogP contribution in [-0.4, -0.2) is 48.0 Å². The highest BCUT2D eigenvalue weighted by atomic mass is 16.3. The van der Waals surface area contributed by atoms with Crippen LogP contribution in [0.25, 0.3) is 0 Å². The van der Waals surface area contributed by atoms with E-state index in [1.165, 1.54) is 0 Å². The predicted molar refractivity (Wildman–Crippen MR) is 89.1 cm³/mol. The minimum Gasteiger partial charge on any atom is -0.396 e. The standard InChI is InChI=1S/C17H27N3O2/c1-2-18-16(20-13-17(22)9-6-10-17)19-11-15(12-21)14-7-4-3-5-8-14/h3-5,7-8,15,21-22H,2,6,9-13H2,1H3,(H2,18,19,20). The molecule has 0 bridgehead atoms. The van der Waals surface area contributed by atoms with Gasteiger partial charge in [-0.15, -0.1) is 0 Å². The number of aliphatic hydroxyl groups is 2. The fraction of sp³-hybridized carbons (Fsp3) is 0.588. The Kier molecular flexibility index (Phi) is 6.21. The molecule has 22 heavy (non-hydrogen) atoms. The molecule has 1 aliphatic carbocycles. The number of guanidine groups is 1. The van der Waals surface area contributed by atoms with Gasteiger partial charge in [0.25, 0.3) is 0 Å². The van der Waals surface area contributed by atoms with Crippen molar-refractivity contribution in [3.05, 3.63) is 35.9 Å². The Morgan fingerprint density at radius 3 is 2.55 bits per heavy atom. The molecule has 2 rings (SSSR count). The monoisotopic (exact) mass is 305 g/mol. The average Bonchev–Trinajstić information content (AvgIpc) is 2.52. The van der Waals surface area contributed by atoms with Crippen LogP contribution in [0.1, 0.15) is 37.7 Å². The molecule has 5 heteroatoms. The van der Waals surface area contributed by atoms with Crippen molar-refractivity contribution in [2.75, 3.05) is 26.2 Å². The second-order valence-electron chi connectivity index (χ2n) is 5.94. The van der Waals surface area contributed by atoms with Crippen molar-refractivity contribution in [3.8, 4) is 0 Å². The van der Waals surface area contributed by atoms with Gasteiger partial charge in [-0.1, -0.05) is 30.3 Å². The molecule has 0 aliphatic heterocycles. The Hall–Kier alpha value is -1.59. The fourth-order valence-corrected chi connectivity index (χ4v) is 2.54. The Morgan fingerprint density at radius 1 is 1.27 bits per heavy atom. The average molecular weight is 305 g/mol. The van der Waals surface area contributed by atoms with Crippen molar-refractivity contribution < 1.29 is 10.2 Å². The van der Waals surface area contributed by atoms with E-state index in [-0.39, 0.29) is 12.5 Å². The minimum absolute atomic E-state index is 0.0249. The molecule has 1 atom stereocenters. The molecule has 0 radical (unpaired) electrons. The van der Waals surface area contributed by atoms with E-state index < -0.39 is 5.60 Å². The largest absolute Gasteiger partial charge is 0.396 e. The van der Waals surface area contributed by atoms with Gasteiger partial charge in [0.2, 0.25) is 0 Å². The van der Waals surface area contributed by atoms with E-state index in [0.717, 1.165) is 31.4 Å². The highest BCUT2D eigenvalue weighted by Gasteiger charge is 2.34. The smallest absolute Gasteiger partial charge is 0.191 e. The second-order valence-corrected chi connectivity index (χ2v) is 5.94. The summed E-state index contributed by atoms with van der Waals surface area (Å²) in [6, 6.07) is 9.95. The third-order valence-corrected chi connectivity index (χ3v) is 4.17. The van der Waals surface area contributed by atoms with Gasteiger partial charge in [0, 0.05) is 19.0 Å². The molecule has 1 aromatic rings. The SMILES string of the molecule is CCNC(=NCC1(O)CCC1)NCC(CO)c1ccccc1. The van der Waals surface area contributed by atoms with Crippen LogP contribution in [0.4, 0.5) is 0 Å². The Labute approximate surface area is 132 Å². The summed E-state index contributed by atoms with van der Waals surface area (Å²) in [7, 11) is 0. The number of aliphatic imine (C=N–C) groups is 1. The highest BCUT2D eigenvalue weighted by Crippen LogP contribution is 2.31. The van der Waals surface area contributed by atoms with Crippen LogP contribution in [0.5, 0.6) is 0 Å². The first kappa shape index (κ1) is 16.8. The van der Waals surface area contributed by atoms with E-state index in [1.54, 1.807) is 0 Å². The number of hydrogen-bond acceptors (Lipinski definition) is 3. The van der Waals surface area contributed by atoms with Crippen LogP contribution in [0, 0.1) is 0 Å². The van der Waals surface area contributed by atoms with E-state index in [1.807, 2.05) is 37.3 Å². The van der Waals surface area contributed by atoms with Gasteiger partial charge < -0.3 is 20.8 Å². The lowest BCUT2D eigenvalue weighted by Gasteiger charge is -2.35. The summed E-state index contributed by atoms with van der Waals surface area (Å²) in [4.78, 5) is 4.47. The minimum atomic E-state index is -0.613. The highest BCUT2D eigenvalue weighted by molar-refractivity contribution is 5.79. The molecule has 5 nitrogen and oxygen atoms in total. The van der Waals surface area contributed by atoms with E-state index in [4.69, 9.17) is 0 Å². The van der Waals surface area contributed by atoms with E-state index in [9.17, 15) is 10.2 Å². The van der Waals surface area contributed by atoms with E-state index >= 15 is 0 Å². The summed E-state index contributed by atoms with van der Waals surface area (Å²) in [6.07, 6.45) is 2.74. The lowest BCUT2D eigenvalue weighted by Crippen LogP contribution is -2.44. The first-order valence-corrected chi connectivity index (χ1v) is 8.07. The van der Waals surface area contributed by atoms with E-state index in [0.29, 0.717) is 19.0 Å².